The number of nitrogens with zero attached hydrogens (tertiary/aromatic N) is 2. The minimum absolute atomic E-state index is 0.435. The molecule has 0 aromatic rings. The highest BCUT2D eigenvalue weighted by atomic mass is 15.1. The Hall–Kier alpha value is -0.0800. The minimum Gasteiger partial charge on any atom is -0.306 e. The molecular weight excluding hydrogens is 316 g/mol. The van der Waals surface area contributed by atoms with Crippen molar-refractivity contribution in [2.45, 2.75) is 106 Å². The molecule has 0 rings (SSSR count). The summed E-state index contributed by atoms with van der Waals surface area (Å²) in [6.07, 6.45) is 7.90. The summed E-state index contributed by atoms with van der Waals surface area (Å²) in [6, 6.07) is 1.40. The van der Waals surface area contributed by atoms with E-state index in [2.05, 4.69) is 93.4 Å². The second-order valence-electron chi connectivity index (χ2n) is 12.0. The molecule has 0 amide bonds. The Morgan fingerprint density at radius 2 is 0.846 bits per heavy atom. The van der Waals surface area contributed by atoms with Crippen molar-refractivity contribution in [3.63, 3.8) is 0 Å². The Labute approximate surface area is 167 Å². The lowest BCUT2D eigenvalue weighted by Gasteiger charge is -2.34. The van der Waals surface area contributed by atoms with Crippen LogP contribution in [0, 0.1) is 22.7 Å². The maximum absolute atomic E-state index is 2.46. The van der Waals surface area contributed by atoms with Gasteiger partial charge in [0.25, 0.3) is 0 Å². The van der Waals surface area contributed by atoms with E-state index in [-0.39, 0.29) is 0 Å². The molecule has 0 saturated carbocycles. The lowest BCUT2D eigenvalue weighted by Crippen LogP contribution is -2.35. The van der Waals surface area contributed by atoms with Crippen molar-refractivity contribution in [1.82, 2.24) is 9.80 Å². The van der Waals surface area contributed by atoms with E-state index in [1.54, 1.807) is 0 Å². The van der Waals surface area contributed by atoms with E-state index in [9.17, 15) is 0 Å². The van der Waals surface area contributed by atoms with Crippen LogP contribution in [-0.4, -0.2) is 50.1 Å². The Morgan fingerprint density at radius 1 is 0.577 bits per heavy atom. The van der Waals surface area contributed by atoms with E-state index in [0.29, 0.717) is 22.9 Å². The van der Waals surface area contributed by atoms with Crippen molar-refractivity contribution in [2.24, 2.45) is 22.7 Å². The van der Waals surface area contributed by atoms with Crippen LogP contribution in [0.5, 0.6) is 0 Å². The van der Waals surface area contributed by atoms with E-state index in [4.69, 9.17) is 0 Å². The standard InChI is InChI=1S/C24H52N2/c1-19(17-23(3,4)5)15-21(25(9)10)13-14-22(26(11)12)16-20(2)18-24(6,7)8/h19-22H,13-18H2,1-12H3/t19-,20+,21+,22-. The van der Waals surface area contributed by atoms with Crippen LogP contribution in [0.25, 0.3) is 0 Å². The first kappa shape index (κ1) is 25.9. The van der Waals surface area contributed by atoms with Gasteiger partial charge in [0, 0.05) is 12.1 Å². The molecular formula is C24H52N2. The molecule has 0 spiro atoms. The summed E-state index contributed by atoms with van der Waals surface area (Å²) in [5, 5.41) is 0. The second kappa shape index (κ2) is 11.1. The zero-order chi connectivity index (χ0) is 20.7. The Kier molecular flexibility index (Phi) is 11.0. The molecule has 2 nitrogen and oxygen atoms in total. The van der Waals surface area contributed by atoms with E-state index in [1.165, 1.54) is 38.5 Å². The van der Waals surface area contributed by atoms with Gasteiger partial charge in [0.05, 0.1) is 0 Å². The predicted molar refractivity (Wildman–Crippen MR) is 120 cm³/mol. The second-order valence-corrected chi connectivity index (χ2v) is 12.0. The van der Waals surface area contributed by atoms with E-state index < -0.39 is 0 Å². The maximum Gasteiger partial charge on any atom is 0.00922 e. The molecule has 26 heavy (non-hydrogen) atoms. The number of hydrogen-bond acceptors (Lipinski definition) is 2. The number of rotatable bonds is 11. The first-order valence-corrected chi connectivity index (χ1v) is 10.9. The zero-order valence-corrected chi connectivity index (χ0v) is 20.4. The van der Waals surface area contributed by atoms with Crippen molar-refractivity contribution >= 4 is 0 Å². The van der Waals surface area contributed by atoms with Crippen molar-refractivity contribution < 1.29 is 0 Å². The van der Waals surface area contributed by atoms with E-state index in [0.717, 1.165) is 11.8 Å². The van der Waals surface area contributed by atoms with Gasteiger partial charge in [-0.1, -0.05) is 55.4 Å². The molecule has 0 aromatic carbocycles. The average Bonchev–Trinajstić information content (AvgIpc) is 2.36. The molecule has 0 heterocycles. The molecule has 0 bridgehead atoms. The zero-order valence-electron chi connectivity index (χ0n) is 20.4. The molecule has 0 unspecified atom stereocenters. The Bertz CT molecular complexity index is 323. The summed E-state index contributed by atoms with van der Waals surface area (Å²) >= 11 is 0. The van der Waals surface area contributed by atoms with Crippen LogP contribution in [0.3, 0.4) is 0 Å². The normalized spacial score (nSPS) is 18.2. The van der Waals surface area contributed by atoms with Gasteiger partial charge < -0.3 is 9.80 Å². The van der Waals surface area contributed by atoms with Crippen LogP contribution in [0.15, 0.2) is 0 Å². The fourth-order valence-corrected chi connectivity index (χ4v) is 4.74. The third-order valence-corrected chi connectivity index (χ3v) is 5.56. The highest BCUT2D eigenvalue weighted by Crippen LogP contribution is 2.30. The fraction of sp³-hybridized carbons (Fsp3) is 1.00. The van der Waals surface area contributed by atoms with Crippen LogP contribution in [0.1, 0.15) is 93.9 Å². The van der Waals surface area contributed by atoms with Gasteiger partial charge in [0.2, 0.25) is 0 Å². The first-order valence-electron chi connectivity index (χ1n) is 10.9. The van der Waals surface area contributed by atoms with Gasteiger partial charge in [-0.05, 0) is 89.4 Å². The fourth-order valence-electron chi connectivity index (χ4n) is 4.74. The van der Waals surface area contributed by atoms with E-state index in [1.807, 2.05) is 0 Å². The summed E-state index contributed by atoms with van der Waals surface area (Å²) in [5.41, 5.74) is 0.871. The van der Waals surface area contributed by atoms with Gasteiger partial charge in [-0.25, -0.2) is 0 Å². The molecule has 158 valence electrons. The summed E-state index contributed by atoms with van der Waals surface area (Å²) in [6.45, 7) is 19.1. The molecule has 0 fully saturated rings. The maximum atomic E-state index is 2.46. The molecule has 0 aromatic heterocycles. The third-order valence-electron chi connectivity index (χ3n) is 5.56. The third kappa shape index (κ3) is 13.1. The SMILES string of the molecule is C[C@H](C[C@H](CC[C@H](C[C@H](C)CC(C)(C)C)N(C)C)N(C)C)CC(C)(C)C. The van der Waals surface area contributed by atoms with Crippen molar-refractivity contribution in [2.75, 3.05) is 28.2 Å². The van der Waals surface area contributed by atoms with Crippen LogP contribution in [-0.2, 0) is 0 Å². The molecule has 0 aliphatic heterocycles. The molecule has 0 aliphatic carbocycles. The van der Waals surface area contributed by atoms with Crippen LogP contribution in [0.2, 0.25) is 0 Å². The van der Waals surface area contributed by atoms with Crippen molar-refractivity contribution in [1.29, 1.82) is 0 Å². The van der Waals surface area contributed by atoms with Crippen LogP contribution >= 0.6 is 0 Å². The predicted octanol–water partition coefficient (Wildman–Crippen LogP) is 6.55. The smallest absolute Gasteiger partial charge is 0.00922 e. The summed E-state index contributed by atoms with van der Waals surface area (Å²) in [5.74, 6) is 1.58. The van der Waals surface area contributed by atoms with Gasteiger partial charge in [-0.2, -0.15) is 0 Å². The Morgan fingerprint density at radius 3 is 1.04 bits per heavy atom. The van der Waals surface area contributed by atoms with E-state index >= 15 is 0 Å². The Balaban J connectivity index is 4.69. The minimum atomic E-state index is 0.435. The average molecular weight is 369 g/mol. The number of hydrogen-bond donors (Lipinski definition) is 0. The topological polar surface area (TPSA) is 6.48 Å². The monoisotopic (exact) mass is 368 g/mol. The highest BCUT2D eigenvalue weighted by Gasteiger charge is 2.24. The quantitative estimate of drug-likeness (QED) is 0.408. The lowest BCUT2D eigenvalue weighted by atomic mass is 9.80. The van der Waals surface area contributed by atoms with Crippen LogP contribution < -0.4 is 0 Å². The molecule has 0 radical (unpaired) electrons. The molecule has 0 N–H and O–H groups in total. The van der Waals surface area contributed by atoms with Crippen molar-refractivity contribution in [3.05, 3.63) is 0 Å². The van der Waals surface area contributed by atoms with Gasteiger partial charge in [-0.15, -0.1) is 0 Å². The van der Waals surface area contributed by atoms with Gasteiger partial charge >= 0.3 is 0 Å². The molecule has 4 atom stereocenters. The molecule has 2 heteroatoms. The largest absolute Gasteiger partial charge is 0.306 e. The van der Waals surface area contributed by atoms with Gasteiger partial charge in [-0.3, -0.25) is 0 Å². The van der Waals surface area contributed by atoms with Crippen molar-refractivity contribution in [3.8, 4) is 0 Å². The lowest BCUT2D eigenvalue weighted by molar-refractivity contribution is 0.167. The summed E-state index contributed by atoms with van der Waals surface area (Å²) in [7, 11) is 9.06. The van der Waals surface area contributed by atoms with Crippen LogP contribution in [0.4, 0.5) is 0 Å². The summed E-state index contributed by atoms with van der Waals surface area (Å²) in [4.78, 5) is 4.93. The summed E-state index contributed by atoms with van der Waals surface area (Å²) < 4.78 is 0. The van der Waals surface area contributed by atoms with Gasteiger partial charge in [0.15, 0.2) is 0 Å². The first-order chi connectivity index (χ1) is 11.6. The highest BCUT2D eigenvalue weighted by molar-refractivity contribution is 4.79. The van der Waals surface area contributed by atoms with Gasteiger partial charge in [0.1, 0.15) is 0 Å². The molecule has 0 saturated heterocycles. The molecule has 0 aliphatic rings.